The molecule has 1 aromatic rings. The Bertz CT molecular complexity index is 359. The lowest BCUT2D eigenvalue weighted by molar-refractivity contribution is -0.122. The zero-order valence-electron chi connectivity index (χ0n) is 9.71. The molecule has 1 aromatic carbocycles. The molecule has 92 valence electrons. The smallest absolute Gasteiger partial charge is 0.426 e. The Morgan fingerprint density at radius 2 is 2.00 bits per heavy atom. The predicted molar refractivity (Wildman–Crippen MR) is 65.9 cm³/mol. The Labute approximate surface area is 101 Å². The van der Waals surface area contributed by atoms with Crippen LogP contribution >= 0.6 is 0 Å². The zero-order chi connectivity index (χ0) is 12.8. The lowest BCUT2D eigenvalue weighted by Gasteiger charge is -2.16. The fraction of sp³-hybridized carbons (Fsp3) is 0.364. The van der Waals surface area contributed by atoms with E-state index in [0.29, 0.717) is 6.42 Å². The molecule has 0 bridgehead atoms. The molecule has 0 saturated heterocycles. The molecule has 6 heteroatoms. The van der Waals surface area contributed by atoms with Crippen molar-refractivity contribution >= 4 is 13.0 Å². The molecule has 0 aromatic heterocycles. The SMILES string of the molecule is C[C@H](NC(=O)[C@@H](N)Cc1ccccc1)B(O)O. The van der Waals surface area contributed by atoms with Crippen LogP contribution in [-0.2, 0) is 11.2 Å². The molecule has 0 saturated carbocycles. The third kappa shape index (κ3) is 4.56. The normalized spacial score (nSPS) is 13.9. The molecule has 0 fully saturated rings. The minimum absolute atomic E-state index is 0.394. The van der Waals surface area contributed by atoms with Crippen LogP contribution in [0.15, 0.2) is 30.3 Å². The molecule has 0 aliphatic carbocycles. The van der Waals surface area contributed by atoms with Crippen molar-refractivity contribution < 1.29 is 14.8 Å². The summed E-state index contributed by atoms with van der Waals surface area (Å²) in [5.74, 6) is -1.13. The van der Waals surface area contributed by atoms with Gasteiger partial charge in [0, 0.05) is 0 Å². The second kappa shape index (κ2) is 6.39. The van der Waals surface area contributed by atoms with Crippen molar-refractivity contribution in [1.29, 1.82) is 0 Å². The molecule has 17 heavy (non-hydrogen) atoms. The van der Waals surface area contributed by atoms with Gasteiger partial charge in [0.25, 0.3) is 0 Å². The molecule has 5 nitrogen and oxygen atoms in total. The first-order chi connectivity index (χ1) is 8.00. The van der Waals surface area contributed by atoms with E-state index in [4.69, 9.17) is 15.8 Å². The van der Waals surface area contributed by atoms with Gasteiger partial charge in [-0.05, 0) is 18.9 Å². The Hall–Kier alpha value is -1.37. The Balaban J connectivity index is 2.48. The predicted octanol–water partition coefficient (Wildman–Crippen LogP) is -0.927. The highest BCUT2D eigenvalue weighted by Crippen LogP contribution is 2.02. The minimum atomic E-state index is -1.58. The minimum Gasteiger partial charge on any atom is -0.426 e. The fourth-order valence-electron chi connectivity index (χ4n) is 1.37. The largest absolute Gasteiger partial charge is 0.475 e. The van der Waals surface area contributed by atoms with E-state index >= 15 is 0 Å². The summed E-state index contributed by atoms with van der Waals surface area (Å²) in [6, 6.07) is 8.72. The van der Waals surface area contributed by atoms with Crippen molar-refractivity contribution in [2.75, 3.05) is 0 Å². The topological polar surface area (TPSA) is 95.6 Å². The van der Waals surface area contributed by atoms with Crippen LogP contribution in [0.2, 0.25) is 0 Å². The van der Waals surface area contributed by atoms with E-state index in [9.17, 15) is 4.79 Å². The standard InChI is InChI=1S/C11H17BN2O3/c1-8(12(16)17)14-11(15)10(13)7-9-5-3-2-4-6-9/h2-6,8,10,16-17H,7,13H2,1H3,(H,14,15)/t8-,10-/m0/s1. The Morgan fingerprint density at radius 1 is 1.41 bits per heavy atom. The molecule has 0 radical (unpaired) electrons. The van der Waals surface area contributed by atoms with Crippen LogP contribution in [0, 0.1) is 0 Å². The highest BCUT2D eigenvalue weighted by molar-refractivity contribution is 6.43. The molecule has 5 N–H and O–H groups in total. The van der Waals surface area contributed by atoms with E-state index in [1.54, 1.807) is 0 Å². The summed E-state index contributed by atoms with van der Waals surface area (Å²) in [4.78, 5) is 11.6. The molecule has 0 heterocycles. The lowest BCUT2D eigenvalue weighted by atomic mass is 9.81. The molecule has 1 amide bonds. The molecular formula is C11H17BN2O3. The van der Waals surface area contributed by atoms with Gasteiger partial charge in [0.2, 0.25) is 5.91 Å². The number of rotatable bonds is 5. The van der Waals surface area contributed by atoms with Crippen LogP contribution in [0.5, 0.6) is 0 Å². The van der Waals surface area contributed by atoms with E-state index in [0.717, 1.165) is 5.56 Å². The van der Waals surface area contributed by atoms with E-state index in [2.05, 4.69) is 5.32 Å². The second-order valence-electron chi connectivity index (χ2n) is 4.01. The van der Waals surface area contributed by atoms with Gasteiger partial charge in [0.15, 0.2) is 0 Å². The Morgan fingerprint density at radius 3 is 2.53 bits per heavy atom. The van der Waals surface area contributed by atoms with E-state index in [1.807, 2.05) is 30.3 Å². The van der Waals surface area contributed by atoms with Gasteiger partial charge in [-0.1, -0.05) is 30.3 Å². The van der Waals surface area contributed by atoms with E-state index < -0.39 is 25.0 Å². The van der Waals surface area contributed by atoms with Gasteiger partial charge < -0.3 is 21.1 Å². The maximum absolute atomic E-state index is 11.6. The number of nitrogens with one attached hydrogen (secondary N) is 1. The number of benzene rings is 1. The maximum atomic E-state index is 11.6. The molecule has 1 rings (SSSR count). The van der Waals surface area contributed by atoms with Crippen LogP contribution in [-0.4, -0.2) is 35.1 Å². The summed E-state index contributed by atoms with van der Waals surface area (Å²) in [5.41, 5.74) is 6.69. The van der Waals surface area contributed by atoms with Crippen LogP contribution in [0.3, 0.4) is 0 Å². The van der Waals surface area contributed by atoms with Crippen molar-refractivity contribution in [2.45, 2.75) is 25.3 Å². The molecule has 0 aliphatic heterocycles. The van der Waals surface area contributed by atoms with Crippen molar-refractivity contribution in [3.8, 4) is 0 Å². The summed E-state index contributed by atoms with van der Waals surface area (Å²) >= 11 is 0. The monoisotopic (exact) mass is 236 g/mol. The highest BCUT2D eigenvalue weighted by Gasteiger charge is 2.23. The van der Waals surface area contributed by atoms with Crippen LogP contribution < -0.4 is 11.1 Å². The molecule has 0 aliphatic rings. The van der Waals surface area contributed by atoms with E-state index in [1.165, 1.54) is 6.92 Å². The van der Waals surface area contributed by atoms with Crippen LogP contribution in [0.4, 0.5) is 0 Å². The van der Waals surface area contributed by atoms with Crippen LogP contribution in [0.25, 0.3) is 0 Å². The summed E-state index contributed by atoms with van der Waals surface area (Å²) in [6.45, 7) is 1.50. The maximum Gasteiger partial charge on any atom is 0.475 e. The number of amides is 1. The molecule has 0 spiro atoms. The van der Waals surface area contributed by atoms with Crippen molar-refractivity contribution in [3.63, 3.8) is 0 Å². The number of carbonyl (C=O) groups is 1. The van der Waals surface area contributed by atoms with Gasteiger partial charge in [0.05, 0.1) is 12.0 Å². The van der Waals surface area contributed by atoms with Crippen LogP contribution in [0.1, 0.15) is 12.5 Å². The second-order valence-corrected chi connectivity index (χ2v) is 4.01. The summed E-state index contributed by atoms with van der Waals surface area (Å²) in [5, 5.41) is 20.1. The lowest BCUT2D eigenvalue weighted by Crippen LogP contribution is -2.50. The number of hydrogen-bond acceptors (Lipinski definition) is 4. The van der Waals surface area contributed by atoms with Gasteiger partial charge in [0.1, 0.15) is 0 Å². The average molecular weight is 236 g/mol. The Kier molecular flexibility index (Phi) is 5.15. The average Bonchev–Trinajstić information content (AvgIpc) is 2.29. The quantitative estimate of drug-likeness (QED) is 0.497. The first-order valence-electron chi connectivity index (χ1n) is 5.46. The van der Waals surface area contributed by atoms with Crippen molar-refractivity contribution in [1.82, 2.24) is 5.32 Å². The van der Waals surface area contributed by atoms with Crippen molar-refractivity contribution in [3.05, 3.63) is 35.9 Å². The first kappa shape index (κ1) is 13.7. The highest BCUT2D eigenvalue weighted by atomic mass is 16.4. The summed E-state index contributed by atoms with van der Waals surface area (Å²) in [6.07, 6.45) is 0.418. The molecule has 2 atom stereocenters. The summed E-state index contributed by atoms with van der Waals surface area (Å²) < 4.78 is 0. The third-order valence-electron chi connectivity index (χ3n) is 2.45. The van der Waals surface area contributed by atoms with Crippen molar-refractivity contribution in [2.24, 2.45) is 5.73 Å². The number of carbonyl (C=O) groups excluding carboxylic acids is 1. The third-order valence-corrected chi connectivity index (χ3v) is 2.45. The van der Waals surface area contributed by atoms with Gasteiger partial charge in [-0.3, -0.25) is 4.79 Å². The molecule has 0 unspecified atom stereocenters. The van der Waals surface area contributed by atoms with Gasteiger partial charge in [-0.25, -0.2) is 0 Å². The van der Waals surface area contributed by atoms with Gasteiger partial charge in [-0.15, -0.1) is 0 Å². The molecular weight excluding hydrogens is 219 g/mol. The van der Waals surface area contributed by atoms with Gasteiger partial charge >= 0.3 is 7.12 Å². The fourth-order valence-corrected chi connectivity index (χ4v) is 1.37. The zero-order valence-corrected chi connectivity index (χ0v) is 9.71. The number of hydrogen-bond donors (Lipinski definition) is 4. The van der Waals surface area contributed by atoms with E-state index in [-0.39, 0.29) is 0 Å². The first-order valence-corrected chi connectivity index (χ1v) is 5.46. The van der Waals surface area contributed by atoms with Gasteiger partial charge in [-0.2, -0.15) is 0 Å². The summed E-state index contributed by atoms with van der Waals surface area (Å²) in [7, 11) is -1.58. The number of nitrogens with two attached hydrogens (primary N) is 1.